The molecule has 7 heteroatoms. The second-order valence-corrected chi connectivity index (χ2v) is 9.02. The Hall–Kier alpha value is -3.84. The second-order valence-electron chi connectivity index (χ2n) is 8.01. The van der Waals surface area contributed by atoms with Gasteiger partial charge in [0.1, 0.15) is 11.6 Å². The van der Waals surface area contributed by atoms with E-state index < -0.39 is 23.5 Å². The smallest absolute Gasteiger partial charge is 0.301 e. The van der Waals surface area contributed by atoms with Gasteiger partial charge in [-0.25, -0.2) is 9.37 Å². The van der Waals surface area contributed by atoms with E-state index in [1.54, 1.807) is 30.3 Å². The van der Waals surface area contributed by atoms with Gasteiger partial charge in [0, 0.05) is 5.56 Å². The molecule has 0 radical (unpaired) electrons. The van der Waals surface area contributed by atoms with Gasteiger partial charge in [0.2, 0.25) is 0 Å². The summed E-state index contributed by atoms with van der Waals surface area (Å²) in [6.45, 7) is 3.93. The molecule has 1 fully saturated rings. The summed E-state index contributed by atoms with van der Waals surface area (Å²) in [6.07, 6.45) is 0. The monoisotopic (exact) mass is 458 g/mol. The SMILES string of the molecule is Cc1cc(C)c2nc(N3C(=O)C(=O)C(=C(O)c4ccccc4)C3c3ccc(F)cc3)sc2c1. The number of ketones is 1. The predicted molar refractivity (Wildman–Crippen MR) is 127 cm³/mol. The molecule has 0 aliphatic carbocycles. The van der Waals surface area contributed by atoms with Crippen LogP contribution in [0.1, 0.15) is 28.3 Å². The number of thiazole rings is 1. The quantitative estimate of drug-likeness (QED) is 0.244. The minimum atomic E-state index is -0.937. The molecule has 33 heavy (non-hydrogen) atoms. The lowest BCUT2D eigenvalue weighted by Crippen LogP contribution is -2.29. The number of benzene rings is 3. The number of carbonyl (C=O) groups is 2. The molecule has 0 spiro atoms. The highest BCUT2D eigenvalue weighted by atomic mass is 32.1. The fourth-order valence-electron chi connectivity index (χ4n) is 4.20. The van der Waals surface area contributed by atoms with Gasteiger partial charge >= 0.3 is 5.91 Å². The fraction of sp³-hybridized carbons (Fsp3) is 0.115. The maximum atomic E-state index is 13.7. The summed E-state index contributed by atoms with van der Waals surface area (Å²) in [4.78, 5) is 32.4. The van der Waals surface area contributed by atoms with Crippen LogP contribution in [0.25, 0.3) is 16.0 Å². The Morgan fingerprint density at radius 2 is 1.73 bits per heavy atom. The zero-order valence-electron chi connectivity index (χ0n) is 17.9. The summed E-state index contributed by atoms with van der Waals surface area (Å²) in [5.74, 6) is -2.31. The fourth-order valence-corrected chi connectivity index (χ4v) is 5.37. The van der Waals surface area contributed by atoms with Gasteiger partial charge in [0.05, 0.1) is 21.8 Å². The molecule has 0 bridgehead atoms. The van der Waals surface area contributed by atoms with Gasteiger partial charge in [-0.1, -0.05) is 59.9 Å². The van der Waals surface area contributed by atoms with E-state index in [1.807, 2.05) is 26.0 Å². The van der Waals surface area contributed by atoms with Crippen LogP contribution in [0.4, 0.5) is 9.52 Å². The number of amides is 1. The number of rotatable bonds is 3. The van der Waals surface area contributed by atoms with Gasteiger partial charge in [-0.15, -0.1) is 0 Å². The van der Waals surface area contributed by atoms with E-state index in [0.29, 0.717) is 16.3 Å². The molecule has 1 aromatic heterocycles. The van der Waals surface area contributed by atoms with Crippen molar-refractivity contribution in [2.75, 3.05) is 4.90 Å². The predicted octanol–water partition coefficient (Wildman–Crippen LogP) is 5.68. The van der Waals surface area contributed by atoms with Crippen LogP contribution in [0.15, 0.2) is 72.3 Å². The van der Waals surface area contributed by atoms with E-state index in [4.69, 9.17) is 0 Å². The Labute approximate surface area is 193 Å². The van der Waals surface area contributed by atoms with E-state index in [0.717, 1.165) is 21.3 Å². The molecule has 3 aromatic carbocycles. The first-order valence-corrected chi connectivity index (χ1v) is 11.2. The van der Waals surface area contributed by atoms with Crippen molar-refractivity contribution in [2.24, 2.45) is 0 Å². The third-order valence-electron chi connectivity index (χ3n) is 5.70. The third kappa shape index (κ3) is 3.50. The lowest BCUT2D eigenvalue weighted by atomic mass is 9.95. The van der Waals surface area contributed by atoms with E-state index in [1.165, 1.54) is 40.5 Å². The lowest BCUT2D eigenvalue weighted by molar-refractivity contribution is -0.132. The Bertz CT molecular complexity index is 1440. The van der Waals surface area contributed by atoms with Crippen LogP contribution in [-0.2, 0) is 9.59 Å². The maximum Gasteiger partial charge on any atom is 0.301 e. The van der Waals surface area contributed by atoms with Crippen molar-refractivity contribution in [2.45, 2.75) is 19.9 Å². The number of aliphatic hydroxyl groups excluding tert-OH is 1. The molecular formula is C26H19FN2O3S. The minimum Gasteiger partial charge on any atom is -0.507 e. The number of aromatic nitrogens is 1. The molecule has 1 aliphatic rings. The molecule has 0 saturated carbocycles. The van der Waals surface area contributed by atoms with Crippen molar-refractivity contribution in [3.8, 4) is 0 Å². The first kappa shape index (κ1) is 21.0. The number of aryl methyl sites for hydroxylation is 2. The van der Waals surface area contributed by atoms with Crippen molar-refractivity contribution >= 4 is 44.1 Å². The number of aliphatic hydroxyl groups is 1. The van der Waals surface area contributed by atoms with Gasteiger partial charge in [0.25, 0.3) is 5.78 Å². The minimum absolute atomic E-state index is 0.0510. The molecule has 5 rings (SSSR count). The first-order chi connectivity index (χ1) is 15.8. The molecule has 1 aliphatic heterocycles. The number of carbonyl (C=O) groups excluding carboxylic acids is 2. The van der Waals surface area contributed by atoms with Gasteiger partial charge in [-0.2, -0.15) is 0 Å². The number of Topliss-reactive ketones (excluding diaryl/α,β-unsaturated/α-hetero) is 1. The largest absolute Gasteiger partial charge is 0.507 e. The number of nitrogens with zero attached hydrogens (tertiary/aromatic N) is 2. The number of hydrogen-bond donors (Lipinski definition) is 1. The number of fused-ring (bicyclic) bond motifs is 1. The molecule has 1 saturated heterocycles. The molecule has 164 valence electrons. The van der Waals surface area contributed by atoms with Crippen LogP contribution in [0.5, 0.6) is 0 Å². The van der Waals surface area contributed by atoms with E-state index in [2.05, 4.69) is 4.98 Å². The summed E-state index contributed by atoms with van der Waals surface area (Å²) in [5, 5.41) is 11.4. The summed E-state index contributed by atoms with van der Waals surface area (Å²) in [7, 11) is 0. The number of halogens is 1. The normalized spacial score (nSPS) is 17.8. The summed E-state index contributed by atoms with van der Waals surface area (Å²) in [6, 6.07) is 17.2. The third-order valence-corrected chi connectivity index (χ3v) is 6.70. The Kier molecular flexibility index (Phi) is 5.06. The molecule has 1 amide bonds. The van der Waals surface area contributed by atoms with Crippen molar-refractivity contribution in [3.05, 3.63) is 100 Å². The van der Waals surface area contributed by atoms with Gasteiger partial charge in [-0.05, 0) is 48.7 Å². The highest BCUT2D eigenvalue weighted by Crippen LogP contribution is 2.44. The van der Waals surface area contributed by atoms with E-state index >= 15 is 0 Å². The standard InChI is InChI=1S/C26H19FN2O3S/c1-14-12-15(2)21-19(13-14)33-26(28-21)29-22(16-8-10-18(27)11-9-16)20(24(31)25(29)32)23(30)17-6-4-3-5-7-17/h3-13,22,30H,1-2H3. The Morgan fingerprint density at radius 3 is 2.42 bits per heavy atom. The topological polar surface area (TPSA) is 70.5 Å². The highest BCUT2D eigenvalue weighted by Gasteiger charge is 2.48. The second kappa shape index (κ2) is 7.94. The average Bonchev–Trinajstić information content (AvgIpc) is 3.33. The average molecular weight is 459 g/mol. The Balaban J connectivity index is 1.75. The van der Waals surface area contributed by atoms with Crippen molar-refractivity contribution < 1.29 is 19.1 Å². The molecule has 1 N–H and O–H groups in total. The number of hydrogen-bond acceptors (Lipinski definition) is 5. The number of anilines is 1. The lowest BCUT2D eigenvalue weighted by Gasteiger charge is -2.23. The molecular weight excluding hydrogens is 439 g/mol. The molecule has 1 atom stereocenters. The first-order valence-electron chi connectivity index (χ1n) is 10.3. The van der Waals surface area contributed by atoms with Crippen molar-refractivity contribution in [1.29, 1.82) is 0 Å². The van der Waals surface area contributed by atoms with Crippen LogP contribution in [0.2, 0.25) is 0 Å². The van der Waals surface area contributed by atoms with Crippen LogP contribution >= 0.6 is 11.3 Å². The molecule has 2 heterocycles. The zero-order chi connectivity index (χ0) is 23.3. The Morgan fingerprint density at radius 1 is 1.03 bits per heavy atom. The van der Waals surface area contributed by atoms with Crippen LogP contribution < -0.4 is 4.90 Å². The van der Waals surface area contributed by atoms with E-state index in [-0.39, 0.29) is 11.3 Å². The van der Waals surface area contributed by atoms with Crippen molar-refractivity contribution in [3.63, 3.8) is 0 Å². The van der Waals surface area contributed by atoms with Crippen LogP contribution in [-0.4, -0.2) is 21.8 Å². The zero-order valence-corrected chi connectivity index (χ0v) is 18.7. The molecule has 4 aromatic rings. The maximum absolute atomic E-state index is 13.7. The van der Waals surface area contributed by atoms with E-state index in [9.17, 15) is 19.1 Å². The van der Waals surface area contributed by atoms with Crippen LogP contribution in [0, 0.1) is 19.7 Å². The van der Waals surface area contributed by atoms with Gasteiger partial charge in [-0.3, -0.25) is 14.5 Å². The van der Waals surface area contributed by atoms with Gasteiger partial charge in [0.15, 0.2) is 5.13 Å². The summed E-state index contributed by atoms with van der Waals surface area (Å²) >= 11 is 1.30. The highest BCUT2D eigenvalue weighted by molar-refractivity contribution is 7.22. The molecule has 5 nitrogen and oxygen atoms in total. The van der Waals surface area contributed by atoms with Crippen molar-refractivity contribution in [1.82, 2.24) is 4.98 Å². The summed E-state index contributed by atoms with van der Waals surface area (Å²) < 4.78 is 14.6. The van der Waals surface area contributed by atoms with Crippen LogP contribution in [0.3, 0.4) is 0 Å². The molecule has 1 unspecified atom stereocenters. The summed E-state index contributed by atoms with van der Waals surface area (Å²) in [5.41, 5.74) is 3.65. The van der Waals surface area contributed by atoms with Gasteiger partial charge < -0.3 is 5.11 Å².